The highest BCUT2D eigenvalue weighted by Gasteiger charge is 2.48. The molecule has 1 aliphatic heterocycles. The average molecular weight is 465 g/mol. The molecule has 1 saturated carbocycles. The third-order valence-corrected chi connectivity index (χ3v) is 7.37. The smallest absolute Gasteiger partial charge is 0.421 e. The van der Waals surface area contributed by atoms with Gasteiger partial charge in [-0.2, -0.15) is 18.3 Å². The summed E-state index contributed by atoms with van der Waals surface area (Å²) in [7, 11) is 0. The summed E-state index contributed by atoms with van der Waals surface area (Å²) in [5.74, 6) is -2.46. The highest BCUT2D eigenvalue weighted by molar-refractivity contribution is 5.91. The minimum absolute atomic E-state index is 0.0189. The number of furan rings is 1. The number of rotatable bonds is 4. The maximum atomic E-state index is 13.8. The minimum Gasteiger partial charge on any atom is -0.475 e. The Bertz CT molecular complexity index is 1120. The normalized spacial score (nSPS) is 22.1. The van der Waals surface area contributed by atoms with E-state index in [0.717, 1.165) is 25.7 Å². The number of carboxylic acids is 1. The van der Waals surface area contributed by atoms with E-state index in [2.05, 4.69) is 5.10 Å². The summed E-state index contributed by atoms with van der Waals surface area (Å²) in [4.78, 5) is 25.9. The number of nitrogens with zero attached hydrogens (tertiary/aromatic N) is 3. The van der Waals surface area contributed by atoms with Gasteiger partial charge in [0.05, 0.1) is 11.3 Å². The molecule has 2 aromatic heterocycles. The monoisotopic (exact) mass is 465 g/mol. The molecule has 0 spiro atoms. The van der Waals surface area contributed by atoms with Gasteiger partial charge < -0.3 is 14.4 Å². The second-order valence-corrected chi connectivity index (χ2v) is 9.96. The van der Waals surface area contributed by atoms with Gasteiger partial charge in [0.2, 0.25) is 11.7 Å². The molecule has 178 valence electrons. The second kappa shape index (κ2) is 7.36. The van der Waals surface area contributed by atoms with E-state index in [1.54, 1.807) is 10.9 Å². The van der Waals surface area contributed by atoms with Gasteiger partial charge in [0.25, 0.3) is 0 Å². The fourth-order valence-electron chi connectivity index (χ4n) is 5.13. The van der Waals surface area contributed by atoms with E-state index in [9.17, 15) is 27.9 Å². The lowest BCUT2D eigenvalue weighted by Crippen LogP contribution is -2.42. The molecule has 1 amide bonds. The van der Waals surface area contributed by atoms with Crippen LogP contribution in [-0.2, 0) is 23.9 Å². The number of hydrogen-bond donors (Lipinski definition) is 1. The summed E-state index contributed by atoms with van der Waals surface area (Å²) in [6.45, 7) is 5.78. The van der Waals surface area contributed by atoms with Gasteiger partial charge in [0, 0.05) is 43.2 Å². The molecule has 1 N–H and O–H groups in total. The van der Waals surface area contributed by atoms with E-state index in [-0.39, 0.29) is 46.6 Å². The van der Waals surface area contributed by atoms with Crippen molar-refractivity contribution in [3.63, 3.8) is 0 Å². The third-order valence-electron chi connectivity index (χ3n) is 7.37. The Morgan fingerprint density at radius 2 is 1.94 bits per heavy atom. The van der Waals surface area contributed by atoms with Crippen LogP contribution in [0.4, 0.5) is 13.2 Å². The van der Waals surface area contributed by atoms with Crippen molar-refractivity contribution in [3.05, 3.63) is 28.8 Å². The van der Waals surface area contributed by atoms with Crippen molar-refractivity contribution in [2.75, 3.05) is 13.1 Å². The largest absolute Gasteiger partial charge is 0.475 e. The van der Waals surface area contributed by atoms with Gasteiger partial charge in [0.1, 0.15) is 11.3 Å². The molecule has 3 heterocycles. The van der Waals surface area contributed by atoms with E-state index in [0.29, 0.717) is 25.2 Å². The molecule has 7 nitrogen and oxygen atoms in total. The molecule has 2 aromatic rings. The first-order valence-corrected chi connectivity index (χ1v) is 11.3. The topological polar surface area (TPSA) is 88.6 Å². The molecule has 1 atom stereocenters. The molecule has 3 aliphatic rings. The number of aromatic carboxylic acids is 1. The van der Waals surface area contributed by atoms with Crippen LogP contribution in [0.5, 0.6) is 0 Å². The number of piperidine rings is 1. The number of aromatic nitrogens is 2. The van der Waals surface area contributed by atoms with Gasteiger partial charge in [0.15, 0.2) is 0 Å². The van der Waals surface area contributed by atoms with E-state index in [1.165, 1.54) is 0 Å². The number of hydrogen-bond acceptors (Lipinski definition) is 4. The van der Waals surface area contributed by atoms with Crippen LogP contribution in [0, 0.1) is 11.3 Å². The zero-order valence-electron chi connectivity index (χ0n) is 18.5. The molecule has 5 rings (SSSR count). The van der Waals surface area contributed by atoms with E-state index in [4.69, 9.17) is 4.42 Å². The summed E-state index contributed by atoms with van der Waals surface area (Å²) in [6, 6.07) is 0. The average Bonchev–Trinajstić information content (AvgIpc) is 3.17. The molecule has 2 fully saturated rings. The van der Waals surface area contributed by atoms with Crippen LogP contribution in [0.15, 0.2) is 10.6 Å². The van der Waals surface area contributed by atoms with E-state index in [1.807, 2.05) is 18.7 Å². The fraction of sp³-hybridized carbons (Fsp3) is 0.609. The molecule has 0 radical (unpaired) electrons. The summed E-state index contributed by atoms with van der Waals surface area (Å²) >= 11 is 0. The number of carbonyl (C=O) groups excluding carboxylic acids is 1. The summed E-state index contributed by atoms with van der Waals surface area (Å²) in [5, 5.41) is 13.8. The van der Waals surface area contributed by atoms with Crippen LogP contribution in [0.1, 0.15) is 72.9 Å². The van der Waals surface area contributed by atoms with Crippen LogP contribution in [-0.4, -0.2) is 44.8 Å². The molecule has 33 heavy (non-hydrogen) atoms. The van der Waals surface area contributed by atoms with Gasteiger partial charge in [-0.1, -0.05) is 13.8 Å². The predicted octanol–water partition coefficient (Wildman–Crippen LogP) is 4.56. The molecule has 0 aromatic carbocycles. The molecule has 1 saturated heterocycles. The maximum Gasteiger partial charge on any atom is 0.421 e. The van der Waals surface area contributed by atoms with Gasteiger partial charge in [-0.25, -0.2) is 4.79 Å². The van der Waals surface area contributed by atoms with Crippen molar-refractivity contribution in [2.24, 2.45) is 11.3 Å². The first-order chi connectivity index (χ1) is 15.5. The lowest BCUT2D eigenvalue weighted by molar-refractivity contribution is -0.138. The highest BCUT2D eigenvalue weighted by Crippen LogP contribution is 2.49. The zero-order valence-corrected chi connectivity index (χ0v) is 18.5. The van der Waals surface area contributed by atoms with Crippen molar-refractivity contribution in [1.82, 2.24) is 14.7 Å². The van der Waals surface area contributed by atoms with Crippen molar-refractivity contribution < 1.29 is 32.3 Å². The van der Waals surface area contributed by atoms with Crippen LogP contribution in [0.25, 0.3) is 11.3 Å². The Morgan fingerprint density at radius 1 is 1.27 bits per heavy atom. The molecule has 10 heteroatoms. The van der Waals surface area contributed by atoms with Crippen LogP contribution in [0.2, 0.25) is 0 Å². The molecule has 2 aliphatic carbocycles. The lowest BCUT2D eigenvalue weighted by Gasteiger charge is -2.33. The van der Waals surface area contributed by atoms with Gasteiger partial charge >= 0.3 is 12.1 Å². The molecular weight excluding hydrogens is 439 g/mol. The first-order valence-electron chi connectivity index (χ1n) is 11.3. The number of carbonyl (C=O) groups is 2. The minimum atomic E-state index is -4.87. The number of amides is 1. The summed E-state index contributed by atoms with van der Waals surface area (Å²) < 4.78 is 48.2. The van der Waals surface area contributed by atoms with Gasteiger partial charge in [-0.05, 0) is 37.5 Å². The molecular formula is C23H26F3N3O4. The predicted molar refractivity (Wildman–Crippen MR) is 111 cm³/mol. The Balaban J connectivity index is 1.38. The van der Waals surface area contributed by atoms with Crippen molar-refractivity contribution >= 4 is 11.9 Å². The highest BCUT2D eigenvalue weighted by atomic mass is 19.4. The number of alkyl halides is 3. The zero-order chi connectivity index (χ0) is 23.7. The molecule has 0 bridgehead atoms. The Morgan fingerprint density at radius 3 is 2.52 bits per heavy atom. The third kappa shape index (κ3) is 3.73. The Hall–Kier alpha value is -2.78. The summed E-state index contributed by atoms with van der Waals surface area (Å²) in [6.07, 6.45) is 0.614. The van der Waals surface area contributed by atoms with Gasteiger partial charge in [-0.15, -0.1) is 0 Å². The maximum absolute atomic E-state index is 13.8. The number of carboxylic acid groups (broad SMARTS) is 1. The molecule has 0 unspecified atom stereocenters. The first kappa shape index (κ1) is 22.0. The SMILES string of the molecule is C[C@@H]1Cc2oc(C(=O)O)c(C(F)(F)F)c2-c2nn(CC3CCN(C(=O)C4(C)CC4)CC3)cc21. The van der Waals surface area contributed by atoms with Crippen molar-refractivity contribution in [1.29, 1.82) is 0 Å². The van der Waals surface area contributed by atoms with E-state index < -0.39 is 23.5 Å². The number of fused-ring (bicyclic) bond motifs is 3. The fourth-order valence-corrected chi connectivity index (χ4v) is 5.13. The standard InChI is InChI=1S/C23H26F3N3O4/c1-12-9-15-16(17(23(24,25)26)19(33-15)20(30)31)18-14(12)11-29(27-18)10-13-3-7-28(8-4-13)21(32)22(2)5-6-22/h11-13H,3-10H2,1-2H3,(H,30,31)/t12-/m1/s1. The van der Waals surface area contributed by atoms with Crippen molar-refractivity contribution in [2.45, 2.75) is 64.6 Å². The number of likely N-dealkylation sites (tertiary alicyclic amines) is 1. The lowest BCUT2D eigenvalue weighted by atomic mass is 9.86. The second-order valence-electron chi connectivity index (χ2n) is 9.96. The van der Waals surface area contributed by atoms with Crippen LogP contribution in [0.3, 0.4) is 0 Å². The van der Waals surface area contributed by atoms with Gasteiger partial charge in [-0.3, -0.25) is 9.48 Å². The Kier molecular flexibility index (Phi) is 4.92. The van der Waals surface area contributed by atoms with Crippen LogP contribution < -0.4 is 0 Å². The Labute approximate surface area is 188 Å². The van der Waals surface area contributed by atoms with Crippen molar-refractivity contribution in [3.8, 4) is 11.3 Å². The quantitative estimate of drug-likeness (QED) is 0.715. The number of halogens is 3. The van der Waals surface area contributed by atoms with Crippen LogP contribution >= 0.6 is 0 Å². The van der Waals surface area contributed by atoms with E-state index >= 15 is 0 Å². The summed E-state index contributed by atoms with van der Waals surface area (Å²) in [5.41, 5.74) is -0.868.